The number of Topliss-reactive ketones (excluding diaryl/α,β-unsaturated/α-hetero) is 1. The van der Waals surface area contributed by atoms with Gasteiger partial charge in [-0.15, -0.1) is 11.3 Å². The van der Waals surface area contributed by atoms with E-state index in [1.165, 1.54) is 12.1 Å². The molecule has 4 aromatic rings. The monoisotopic (exact) mass is 528 g/mol. The molecular weight excluding hydrogens is 504 g/mol. The molecule has 2 heterocycles. The van der Waals surface area contributed by atoms with Crippen LogP contribution in [0.15, 0.2) is 69.8 Å². The Morgan fingerprint density at radius 3 is 2.37 bits per heavy atom. The van der Waals surface area contributed by atoms with Crippen molar-refractivity contribution in [1.29, 1.82) is 0 Å². The lowest BCUT2D eigenvalue weighted by Crippen LogP contribution is -2.21. The number of thiophene rings is 1. The van der Waals surface area contributed by atoms with Gasteiger partial charge in [0.1, 0.15) is 9.96 Å². The van der Waals surface area contributed by atoms with Crippen LogP contribution in [0, 0.1) is 6.92 Å². The third kappa shape index (κ3) is 5.73. The molecule has 9 heteroatoms. The molecule has 0 saturated carbocycles. The average molecular weight is 529 g/mol. The van der Waals surface area contributed by atoms with Gasteiger partial charge in [-0.05, 0) is 67.9 Å². The molecule has 2 aromatic heterocycles. The van der Waals surface area contributed by atoms with Gasteiger partial charge < -0.3 is 4.90 Å². The van der Waals surface area contributed by atoms with Crippen molar-refractivity contribution >= 4 is 49.3 Å². The van der Waals surface area contributed by atoms with Crippen molar-refractivity contribution in [1.82, 2.24) is 9.47 Å². The molecule has 0 fully saturated rings. The molecule has 0 aliphatic carbocycles. The summed E-state index contributed by atoms with van der Waals surface area (Å²) in [6, 6.07) is 15.8. The van der Waals surface area contributed by atoms with Crippen LogP contribution in [0.2, 0.25) is 4.34 Å². The zero-order chi connectivity index (χ0) is 25.3. The van der Waals surface area contributed by atoms with Crippen molar-refractivity contribution < 1.29 is 13.2 Å². The highest BCUT2D eigenvalue weighted by Crippen LogP contribution is 2.26. The number of aryl methyl sites for hydroxylation is 1. The number of pyridine rings is 1. The molecule has 2 aromatic carbocycles. The predicted octanol–water partition coefficient (Wildman–Crippen LogP) is 4.66. The van der Waals surface area contributed by atoms with Crippen molar-refractivity contribution in [3.8, 4) is 5.69 Å². The van der Waals surface area contributed by atoms with E-state index in [4.69, 9.17) is 11.6 Å². The number of nitrogens with zero attached hydrogens (tertiary/aromatic N) is 2. The van der Waals surface area contributed by atoms with E-state index in [0.29, 0.717) is 27.5 Å². The Morgan fingerprint density at radius 1 is 1.03 bits per heavy atom. The van der Waals surface area contributed by atoms with Crippen LogP contribution in [0.5, 0.6) is 0 Å². The first-order chi connectivity index (χ1) is 16.5. The van der Waals surface area contributed by atoms with Crippen LogP contribution < -0.4 is 5.56 Å². The molecule has 0 atom stereocenters. The third-order valence-electron chi connectivity index (χ3n) is 5.56. The number of ketones is 1. The van der Waals surface area contributed by atoms with Crippen LogP contribution in [0.4, 0.5) is 0 Å². The molecule has 0 bridgehead atoms. The van der Waals surface area contributed by atoms with Crippen LogP contribution >= 0.6 is 22.9 Å². The number of carbonyl (C=O) groups excluding carboxylic acids is 1. The summed E-state index contributed by atoms with van der Waals surface area (Å²) in [7, 11) is 0.245. The number of benzene rings is 2. The first-order valence-corrected chi connectivity index (χ1v) is 13.8. The van der Waals surface area contributed by atoms with E-state index < -0.39 is 21.4 Å². The van der Waals surface area contributed by atoms with E-state index in [-0.39, 0.29) is 16.2 Å². The number of rotatable bonds is 8. The molecule has 35 heavy (non-hydrogen) atoms. The predicted molar refractivity (Wildman–Crippen MR) is 142 cm³/mol. The highest BCUT2D eigenvalue weighted by Gasteiger charge is 2.21. The molecule has 6 nitrogen and oxygen atoms in total. The van der Waals surface area contributed by atoms with Gasteiger partial charge in [0.15, 0.2) is 15.6 Å². The van der Waals surface area contributed by atoms with Crippen LogP contribution in [0.1, 0.15) is 16.7 Å². The van der Waals surface area contributed by atoms with Gasteiger partial charge in [0, 0.05) is 30.2 Å². The molecule has 0 aliphatic rings. The van der Waals surface area contributed by atoms with Crippen LogP contribution in [-0.4, -0.2) is 43.5 Å². The minimum atomic E-state index is -3.72. The quantitative estimate of drug-likeness (QED) is 0.332. The van der Waals surface area contributed by atoms with Gasteiger partial charge in [0.2, 0.25) is 0 Å². The highest BCUT2D eigenvalue weighted by molar-refractivity contribution is 7.94. The largest absolute Gasteiger partial charge is 0.305 e. The van der Waals surface area contributed by atoms with Crippen molar-refractivity contribution in [2.75, 3.05) is 19.8 Å². The summed E-state index contributed by atoms with van der Waals surface area (Å²) in [4.78, 5) is 27.8. The molecular formula is C26H25ClN2O4S2. The van der Waals surface area contributed by atoms with Crippen molar-refractivity contribution in [3.05, 3.63) is 92.2 Å². The fourth-order valence-corrected chi connectivity index (χ4v) is 6.80. The maximum atomic E-state index is 13.3. The maximum Gasteiger partial charge on any atom is 0.262 e. The summed E-state index contributed by atoms with van der Waals surface area (Å²) in [6.07, 6.45) is 1.85. The molecule has 0 unspecified atom stereocenters. The SMILES string of the molecule is Cc1ccc2c(=O)n(-c3ccc(CC(=O)CS(=O)(=O)c4ccc(Cl)s4)cc3)cc(CN(C)C)c2c1. The summed E-state index contributed by atoms with van der Waals surface area (Å²) in [5.41, 5.74) is 3.36. The molecule has 0 N–H and O–H groups in total. The zero-order valence-corrected chi connectivity index (χ0v) is 22.0. The smallest absolute Gasteiger partial charge is 0.262 e. The topological polar surface area (TPSA) is 76.5 Å². The number of hydrogen-bond acceptors (Lipinski definition) is 6. The molecule has 0 spiro atoms. The highest BCUT2D eigenvalue weighted by atomic mass is 35.5. The number of sulfone groups is 1. The number of halogens is 1. The summed E-state index contributed by atoms with van der Waals surface area (Å²) in [5, 5.41) is 1.59. The molecule has 0 aliphatic heterocycles. The van der Waals surface area contributed by atoms with E-state index in [1.54, 1.807) is 28.8 Å². The Bertz CT molecular complexity index is 1570. The van der Waals surface area contributed by atoms with Crippen molar-refractivity contribution in [2.45, 2.75) is 24.1 Å². The van der Waals surface area contributed by atoms with E-state index >= 15 is 0 Å². The lowest BCUT2D eigenvalue weighted by molar-refractivity contribution is -0.116. The Balaban J connectivity index is 1.59. The minimum absolute atomic E-state index is 0.0175. The normalized spacial score (nSPS) is 11.9. The van der Waals surface area contributed by atoms with E-state index in [2.05, 4.69) is 4.90 Å². The van der Waals surface area contributed by atoms with Gasteiger partial charge >= 0.3 is 0 Å². The standard InChI is InChI=1S/C26H25ClN2O4S2/c1-17-4-9-22-23(12-17)19(14-28(2)3)15-29(26(22)31)20-7-5-18(6-8-20)13-21(30)16-35(32,33)25-11-10-24(27)34-25/h4-12,15H,13-14,16H2,1-3H3. The van der Waals surface area contributed by atoms with E-state index in [9.17, 15) is 18.0 Å². The third-order valence-corrected chi connectivity index (χ3v) is 9.05. The number of fused-ring (bicyclic) bond motifs is 1. The average Bonchev–Trinajstić information content (AvgIpc) is 3.23. The van der Waals surface area contributed by atoms with Crippen molar-refractivity contribution in [2.24, 2.45) is 0 Å². The Labute approximate surface area is 213 Å². The number of carbonyl (C=O) groups is 1. The van der Waals surface area contributed by atoms with E-state index in [0.717, 1.165) is 27.8 Å². The van der Waals surface area contributed by atoms with Gasteiger partial charge in [-0.3, -0.25) is 14.2 Å². The summed E-state index contributed by atoms with van der Waals surface area (Å²) in [5.74, 6) is -0.989. The molecule has 0 saturated heterocycles. The first kappa shape index (κ1) is 25.3. The fraction of sp³-hybridized carbons (Fsp3) is 0.231. The molecule has 0 amide bonds. The molecule has 4 rings (SSSR count). The van der Waals surface area contributed by atoms with Crippen LogP contribution in [0.3, 0.4) is 0 Å². The Kier molecular flexibility index (Phi) is 7.28. The first-order valence-electron chi connectivity index (χ1n) is 10.9. The second kappa shape index (κ2) is 10.1. The lowest BCUT2D eigenvalue weighted by atomic mass is 10.0. The molecule has 182 valence electrons. The zero-order valence-electron chi connectivity index (χ0n) is 19.6. The van der Waals surface area contributed by atoms with Gasteiger partial charge in [0.05, 0.1) is 4.34 Å². The maximum absolute atomic E-state index is 13.3. The van der Waals surface area contributed by atoms with Gasteiger partial charge in [-0.1, -0.05) is 41.4 Å². The van der Waals surface area contributed by atoms with Gasteiger partial charge in [-0.2, -0.15) is 0 Å². The minimum Gasteiger partial charge on any atom is -0.305 e. The van der Waals surface area contributed by atoms with E-state index in [1.807, 2.05) is 45.4 Å². The molecule has 0 radical (unpaired) electrons. The summed E-state index contributed by atoms with van der Waals surface area (Å²) in [6.45, 7) is 2.68. The summed E-state index contributed by atoms with van der Waals surface area (Å²) >= 11 is 6.77. The van der Waals surface area contributed by atoms with Crippen molar-refractivity contribution in [3.63, 3.8) is 0 Å². The second-order valence-electron chi connectivity index (χ2n) is 8.82. The van der Waals surface area contributed by atoms with Gasteiger partial charge in [0.25, 0.3) is 5.56 Å². The summed E-state index contributed by atoms with van der Waals surface area (Å²) < 4.78 is 27.0. The van der Waals surface area contributed by atoms with Crippen LogP contribution in [-0.2, 0) is 27.6 Å². The Morgan fingerprint density at radius 2 is 1.74 bits per heavy atom. The number of hydrogen-bond donors (Lipinski definition) is 0. The Hall–Kier alpha value is -2.78. The van der Waals surface area contributed by atoms with Crippen LogP contribution in [0.25, 0.3) is 16.5 Å². The lowest BCUT2D eigenvalue weighted by Gasteiger charge is -2.16. The van der Waals surface area contributed by atoms with Gasteiger partial charge in [-0.25, -0.2) is 8.42 Å². The second-order valence-corrected chi connectivity index (χ2v) is 12.7. The fourth-order valence-electron chi connectivity index (χ4n) is 3.98. The number of aromatic nitrogens is 1.